The number of aromatic nitrogens is 3. The van der Waals surface area contributed by atoms with E-state index in [4.69, 9.17) is 0 Å². The zero-order chi connectivity index (χ0) is 22.5. The van der Waals surface area contributed by atoms with Crippen LogP contribution in [-0.2, 0) is 13.1 Å². The van der Waals surface area contributed by atoms with Gasteiger partial charge in [0.1, 0.15) is 6.33 Å². The lowest BCUT2D eigenvalue weighted by atomic mass is 9.91. The first-order valence-corrected chi connectivity index (χ1v) is 12.2. The summed E-state index contributed by atoms with van der Waals surface area (Å²) in [4.78, 5) is 5.29. The molecule has 1 atom stereocenters. The molecule has 0 bridgehead atoms. The van der Waals surface area contributed by atoms with Gasteiger partial charge in [0.2, 0.25) is 0 Å². The SMILES string of the molecule is CNNCc1ccc(C(c2nncn2Cc2ccccc2)N2CCN(C3CCC3)CC2)cc1. The molecular weight excluding hydrogens is 410 g/mol. The molecule has 2 aliphatic rings. The van der Waals surface area contributed by atoms with Crippen LogP contribution in [0.3, 0.4) is 0 Å². The highest BCUT2D eigenvalue weighted by molar-refractivity contribution is 5.29. The van der Waals surface area contributed by atoms with Gasteiger partial charge in [0.15, 0.2) is 5.82 Å². The van der Waals surface area contributed by atoms with Crippen molar-refractivity contribution in [3.63, 3.8) is 0 Å². The van der Waals surface area contributed by atoms with Crippen LogP contribution in [0.5, 0.6) is 0 Å². The zero-order valence-corrected chi connectivity index (χ0v) is 19.5. The number of nitrogens with one attached hydrogen (secondary N) is 2. The molecular formula is C26H35N7. The molecule has 7 nitrogen and oxygen atoms in total. The second kappa shape index (κ2) is 10.6. The molecule has 1 saturated heterocycles. The van der Waals surface area contributed by atoms with E-state index in [9.17, 15) is 0 Å². The van der Waals surface area contributed by atoms with Gasteiger partial charge in [0, 0.05) is 38.8 Å². The van der Waals surface area contributed by atoms with Crippen LogP contribution in [0, 0.1) is 0 Å². The van der Waals surface area contributed by atoms with Crippen LogP contribution < -0.4 is 10.9 Å². The van der Waals surface area contributed by atoms with Crippen LogP contribution in [0.15, 0.2) is 60.9 Å². The van der Waals surface area contributed by atoms with Gasteiger partial charge in [0.05, 0.1) is 12.6 Å². The van der Waals surface area contributed by atoms with Crippen molar-refractivity contribution in [2.24, 2.45) is 0 Å². The first kappa shape index (κ1) is 22.2. The van der Waals surface area contributed by atoms with E-state index < -0.39 is 0 Å². The average molecular weight is 446 g/mol. The highest BCUT2D eigenvalue weighted by Crippen LogP contribution is 2.31. The van der Waals surface area contributed by atoms with Crippen molar-refractivity contribution in [2.45, 2.75) is 44.4 Å². The third kappa shape index (κ3) is 5.17. The predicted molar refractivity (Wildman–Crippen MR) is 131 cm³/mol. The van der Waals surface area contributed by atoms with E-state index in [1.807, 2.05) is 13.4 Å². The number of hydrazine groups is 1. The summed E-state index contributed by atoms with van der Waals surface area (Å²) in [5, 5.41) is 8.99. The molecule has 1 saturated carbocycles. The van der Waals surface area contributed by atoms with Crippen molar-refractivity contribution in [3.8, 4) is 0 Å². The molecule has 1 aromatic heterocycles. The molecule has 2 heterocycles. The molecule has 2 aromatic carbocycles. The summed E-state index contributed by atoms with van der Waals surface area (Å²) in [5.41, 5.74) is 9.97. The van der Waals surface area contributed by atoms with Crippen molar-refractivity contribution in [2.75, 3.05) is 33.2 Å². The summed E-state index contributed by atoms with van der Waals surface area (Å²) in [6, 6.07) is 20.4. The molecule has 0 spiro atoms. The van der Waals surface area contributed by atoms with Crippen LogP contribution in [0.2, 0.25) is 0 Å². The van der Waals surface area contributed by atoms with Crippen molar-refractivity contribution < 1.29 is 0 Å². The van der Waals surface area contributed by atoms with E-state index in [-0.39, 0.29) is 6.04 Å². The maximum Gasteiger partial charge on any atom is 0.155 e. The lowest BCUT2D eigenvalue weighted by molar-refractivity contribution is 0.0476. The molecule has 1 aliphatic heterocycles. The van der Waals surface area contributed by atoms with Crippen molar-refractivity contribution in [1.29, 1.82) is 0 Å². The summed E-state index contributed by atoms with van der Waals surface area (Å²) in [5.74, 6) is 1.03. The molecule has 33 heavy (non-hydrogen) atoms. The standard InChI is InChI=1S/C26H35N7/c1-27-28-18-21-10-12-23(13-11-21)25(32-16-14-31(15-17-32)24-8-5-9-24)26-30-29-20-33(26)19-22-6-3-2-4-7-22/h2-4,6-7,10-13,20,24-25,27-28H,5,8-9,14-19H2,1H3. The number of hydrogen-bond donors (Lipinski definition) is 2. The number of rotatable bonds is 9. The normalized spacial score (nSPS) is 18.8. The number of hydrogen-bond acceptors (Lipinski definition) is 6. The van der Waals surface area contributed by atoms with E-state index >= 15 is 0 Å². The second-order valence-electron chi connectivity index (χ2n) is 9.21. The summed E-state index contributed by atoms with van der Waals surface area (Å²) in [7, 11) is 1.90. The first-order chi connectivity index (χ1) is 16.3. The Labute approximate surface area is 196 Å². The van der Waals surface area contributed by atoms with Crippen LogP contribution in [0.25, 0.3) is 0 Å². The number of nitrogens with zero attached hydrogens (tertiary/aromatic N) is 5. The average Bonchev–Trinajstić information content (AvgIpc) is 3.27. The van der Waals surface area contributed by atoms with Crippen LogP contribution in [-0.4, -0.2) is 63.8 Å². The van der Waals surface area contributed by atoms with Crippen LogP contribution >= 0.6 is 0 Å². The van der Waals surface area contributed by atoms with E-state index in [1.54, 1.807) is 0 Å². The molecule has 0 radical (unpaired) electrons. The Kier molecular flexibility index (Phi) is 7.12. The Bertz CT molecular complexity index is 989. The molecule has 1 unspecified atom stereocenters. The molecule has 174 valence electrons. The van der Waals surface area contributed by atoms with Gasteiger partial charge < -0.3 is 4.57 Å². The summed E-state index contributed by atoms with van der Waals surface area (Å²) >= 11 is 0. The van der Waals surface area contributed by atoms with E-state index in [0.29, 0.717) is 0 Å². The highest BCUT2D eigenvalue weighted by Gasteiger charge is 2.33. The van der Waals surface area contributed by atoms with E-state index in [0.717, 1.165) is 51.1 Å². The van der Waals surface area contributed by atoms with Gasteiger partial charge in [-0.1, -0.05) is 61.0 Å². The molecule has 2 N–H and O–H groups in total. The maximum atomic E-state index is 4.65. The monoisotopic (exact) mass is 445 g/mol. The number of piperazine rings is 1. The van der Waals surface area contributed by atoms with Crippen LogP contribution in [0.1, 0.15) is 47.8 Å². The third-order valence-electron chi connectivity index (χ3n) is 7.16. The van der Waals surface area contributed by atoms with Gasteiger partial charge >= 0.3 is 0 Å². The van der Waals surface area contributed by atoms with Gasteiger partial charge in [0.25, 0.3) is 0 Å². The summed E-state index contributed by atoms with van der Waals surface area (Å²) in [6.07, 6.45) is 6.02. The van der Waals surface area contributed by atoms with Gasteiger partial charge in [-0.3, -0.25) is 20.7 Å². The molecule has 5 rings (SSSR count). The summed E-state index contributed by atoms with van der Waals surface area (Å²) < 4.78 is 2.22. The topological polar surface area (TPSA) is 61.3 Å². The maximum absolute atomic E-state index is 4.65. The molecule has 3 aromatic rings. The van der Waals surface area contributed by atoms with Gasteiger partial charge in [-0.25, -0.2) is 0 Å². The fraction of sp³-hybridized carbons (Fsp3) is 0.462. The van der Waals surface area contributed by atoms with Crippen molar-refractivity contribution in [1.82, 2.24) is 35.4 Å². The van der Waals surface area contributed by atoms with Gasteiger partial charge in [-0.2, -0.15) is 0 Å². The van der Waals surface area contributed by atoms with Crippen LogP contribution in [0.4, 0.5) is 0 Å². The van der Waals surface area contributed by atoms with E-state index in [1.165, 1.54) is 36.0 Å². The minimum atomic E-state index is 0.103. The zero-order valence-electron chi connectivity index (χ0n) is 19.5. The van der Waals surface area contributed by atoms with Gasteiger partial charge in [-0.15, -0.1) is 10.2 Å². The molecule has 0 amide bonds. The Morgan fingerprint density at radius 2 is 1.70 bits per heavy atom. The third-order valence-corrected chi connectivity index (χ3v) is 7.16. The Balaban J connectivity index is 1.40. The Morgan fingerprint density at radius 1 is 0.939 bits per heavy atom. The van der Waals surface area contributed by atoms with E-state index in [2.05, 4.69) is 90.0 Å². The highest BCUT2D eigenvalue weighted by atomic mass is 15.3. The van der Waals surface area contributed by atoms with Gasteiger partial charge in [-0.05, 0) is 36.6 Å². The van der Waals surface area contributed by atoms with Crippen molar-refractivity contribution >= 4 is 0 Å². The smallest absolute Gasteiger partial charge is 0.155 e. The Morgan fingerprint density at radius 3 is 2.36 bits per heavy atom. The lowest BCUT2D eigenvalue weighted by Crippen LogP contribution is -2.53. The fourth-order valence-electron chi connectivity index (χ4n) is 5.02. The lowest BCUT2D eigenvalue weighted by Gasteiger charge is -2.44. The minimum Gasteiger partial charge on any atom is -0.311 e. The molecule has 2 fully saturated rings. The predicted octanol–water partition coefficient (Wildman–Crippen LogP) is 2.81. The first-order valence-electron chi connectivity index (χ1n) is 12.2. The quantitative estimate of drug-likeness (QED) is 0.494. The summed E-state index contributed by atoms with van der Waals surface area (Å²) in [6.45, 7) is 5.97. The van der Waals surface area contributed by atoms with Crippen molar-refractivity contribution in [3.05, 3.63) is 83.4 Å². The second-order valence-corrected chi connectivity index (χ2v) is 9.21. The minimum absolute atomic E-state index is 0.103. The largest absolute Gasteiger partial charge is 0.311 e. The fourth-order valence-corrected chi connectivity index (χ4v) is 5.02. The molecule has 7 heteroatoms. The molecule has 1 aliphatic carbocycles. The Hall–Kier alpha value is -2.58. The number of benzene rings is 2.